The molecule has 0 spiro atoms. The summed E-state index contributed by atoms with van der Waals surface area (Å²) in [6.45, 7) is 1.51. The van der Waals surface area contributed by atoms with E-state index in [1.165, 1.54) is 18.7 Å². The van der Waals surface area contributed by atoms with Crippen LogP contribution >= 0.6 is 23.1 Å². The molecule has 128 valence electrons. The van der Waals surface area contributed by atoms with Crippen LogP contribution in [0.1, 0.15) is 12.5 Å². The van der Waals surface area contributed by atoms with Gasteiger partial charge in [-0.3, -0.25) is 9.59 Å². The van der Waals surface area contributed by atoms with Crippen molar-refractivity contribution < 1.29 is 9.59 Å². The molecule has 1 aromatic heterocycles. The van der Waals surface area contributed by atoms with Crippen molar-refractivity contribution >= 4 is 45.0 Å². The van der Waals surface area contributed by atoms with Crippen molar-refractivity contribution in [2.45, 2.75) is 23.7 Å². The maximum absolute atomic E-state index is 12.2. The lowest BCUT2D eigenvalue weighted by atomic mass is 10.0. The number of carbonyl (C=O) groups excluding carboxylic acids is 2. The maximum Gasteiger partial charge on any atom is 0.231 e. The van der Waals surface area contributed by atoms with Gasteiger partial charge in [-0.2, -0.15) is 0 Å². The van der Waals surface area contributed by atoms with Crippen molar-refractivity contribution in [3.05, 3.63) is 60.2 Å². The topological polar surface area (TPSA) is 59.1 Å². The number of benzene rings is 2. The van der Waals surface area contributed by atoms with Crippen LogP contribution in [-0.2, 0) is 16.0 Å². The van der Waals surface area contributed by atoms with E-state index in [1.54, 1.807) is 11.3 Å². The Morgan fingerprint density at radius 2 is 1.84 bits per heavy atom. The zero-order valence-corrected chi connectivity index (χ0v) is 15.4. The minimum atomic E-state index is -0.495. The third-order valence-corrected chi connectivity index (χ3v) is 5.89. The van der Waals surface area contributed by atoms with E-state index in [2.05, 4.69) is 10.3 Å². The summed E-state index contributed by atoms with van der Waals surface area (Å²) < 4.78 is 1.97. The minimum absolute atomic E-state index is 0.0396. The average Bonchev–Trinajstić information content (AvgIpc) is 3.03. The molecular weight excluding hydrogens is 352 g/mol. The van der Waals surface area contributed by atoms with Crippen LogP contribution < -0.4 is 5.32 Å². The van der Waals surface area contributed by atoms with Crippen LogP contribution in [0.15, 0.2) is 58.9 Å². The Labute approximate surface area is 154 Å². The lowest BCUT2D eigenvalue weighted by molar-refractivity contribution is -0.125. The van der Waals surface area contributed by atoms with Crippen molar-refractivity contribution in [1.29, 1.82) is 0 Å². The van der Waals surface area contributed by atoms with E-state index in [-0.39, 0.29) is 17.4 Å². The van der Waals surface area contributed by atoms with Crippen LogP contribution in [0.25, 0.3) is 10.2 Å². The van der Waals surface area contributed by atoms with Crippen LogP contribution in [0.2, 0.25) is 0 Å². The zero-order valence-electron chi connectivity index (χ0n) is 13.8. The summed E-state index contributed by atoms with van der Waals surface area (Å²) in [6, 6.07) is 17.1. The molecule has 6 heteroatoms. The number of nitrogens with zero attached hydrogens (tertiary/aromatic N) is 1. The number of aromatic nitrogens is 1. The molecular formula is C19H18N2O2S2. The van der Waals surface area contributed by atoms with Gasteiger partial charge in [0.05, 0.1) is 22.0 Å². The van der Waals surface area contributed by atoms with E-state index in [0.717, 1.165) is 20.1 Å². The van der Waals surface area contributed by atoms with Gasteiger partial charge < -0.3 is 5.32 Å². The Bertz CT molecular complexity index is 844. The van der Waals surface area contributed by atoms with E-state index < -0.39 is 6.04 Å². The lowest BCUT2D eigenvalue weighted by Crippen LogP contribution is -2.42. The van der Waals surface area contributed by atoms with Gasteiger partial charge in [0.25, 0.3) is 0 Å². The molecule has 0 aliphatic heterocycles. The number of hydrogen-bond donors (Lipinski definition) is 1. The largest absolute Gasteiger partial charge is 0.345 e. The van der Waals surface area contributed by atoms with E-state index in [9.17, 15) is 9.59 Å². The van der Waals surface area contributed by atoms with Crippen molar-refractivity contribution in [3.8, 4) is 0 Å². The van der Waals surface area contributed by atoms with Crippen molar-refractivity contribution in [3.63, 3.8) is 0 Å². The SMILES string of the molecule is CC(=O)[C@@H](Cc1ccccc1)NC(=O)CSc1nc2ccccc2s1. The first-order valence-electron chi connectivity index (χ1n) is 7.94. The highest BCUT2D eigenvalue weighted by Crippen LogP contribution is 2.29. The summed E-state index contributed by atoms with van der Waals surface area (Å²) in [6.07, 6.45) is 0.508. The number of hydrogen-bond acceptors (Lipinski definition) is 5. The molecule has 4 nitrogen and oxygen atoms in total. The number of carbonyl (C=O) groups is 2. The first-order chi connectivity index (χ1) is 12.1. The zero-order chi connectivity index (χ0) is 17.6. The third kappa shape index (κ3) is 4.90. The number of thiazole rings is 1. The molecule has 0 saturated heterocycles. The summed E-state index contributed by atoms with van der Waals surface area (Å²) in [4.78, 5) is 28.6. The van der Waals surface area contributed by atoms with Crippen molar-refractivity contribution in [2.24, 2.45) is 0 Å². The quantitative estimate of drug-likeness (QED) is 0.644. The molecule has 0 fully saturated rings. The summed E-state index contributed by atoms with van der Waals surface area (Å²) in [5.41, 5.74) is 1.97. The van der Waals surface area contributed by atoms with Gasteiger partial charge in [0, 0.05) is 0 Å². The summed E-state index contributed by atoms with van der Waals surface area (Å²) in [5, 5.41) is 2.84. The van der Waals surface area contributed by atoms with Crippen molar-refractivity contribution in [1.82, 2.24) is 10.3 Å². The number of para-hydroxylation sites is 1. The Morgan fingerprint density at radius 1 is 1.12 bits per heavy atom. The minimum Gasteiger partial charge on any atom is -0.345 e. The number of nitrogens with one attached hydrogen (secondary N) is 1. The number of ketones is 1. The van der Waals surface area contributed by atoms with Gasteiger partial charge in [0.15, 0.2) is 10.1 Å². The summed E-state index contributed by atoms with van der Waals surface area (Å²) in [5.74, 6) is 0.0563. The van der Waals surface area contributed by atoms with Crippen molar-refractivity contribution in [2.75, 3.05) is 5.75 Å². The highest BCUT2D eigenvalue weighted by Gasteiger charge is 2.18. The Hall–Kier alpha value is -2.18. The molecule has 1 atom stereocenters. The van der Waals surface area contributed by atoms with Gasteiger partial charge >= 0.3 is 0 Å². The molecule has 3 rings (SSSR count). The third-order valence-electron chi connectivity index (χ3n) is 3.71. The van der Waals surface area contributed by atoms with Crippen LogP contribution in [0.4, 0.5) is 0 Å². The first kappa shape index (κ1) is 17.6. The van der Waals surface area contributed by atoms with Crippen LogP contribution in [0.5, 0.6) is 0 Å². The van der Waals surface area contributed by atoms with Gasteiger partial charge in [0.1, 0.15) is 0 Å². The number of Topliss-reactive ketones (excluding diaryl/α,β-unsaturated/α-hetero) is 1. The smallest absolute Gasteiger partial charge is 0.231 e. The number of fused-ring (bicyclic) bond motifs is 1. The van der Waals surface area contributed by atoms with Gasteiger partial charge in [-0.15, -0.1) is 11.3 Å². The predicted molar refractivity (Wildman–Crippen MR) is 103 cm³/mol. The second kappa shape index (κ2) is 8.27. The lowest BCUT2D eigenvalue weighted by Gasteiger charge is -2.15. The molecule has 0 radical (unpaired) electrons. The van der Waals surface area contributed by atoms with Crippen LogP contribution in [0, 0.1) is 0 Å². The van der Waals surface area contributed by atoms with Crippen LogP contribution in [-0.4, -0.2) is 28.5 Å². The Morgan fingerprint density at radius 3 is 2.56 bits per heavy atom. The highest BCUT2D eigenvalue weighted by molar-refractivity contribution is 8.01. The molecule has 0 aliphatic carbocycles. The number of rotatable bonds is 7. The molecule has 2 aromatic carbocycles. The number of amides is 1. The monoisotopic (exact) mass is 370 g/mol. The summed E-state index contributed by atoms with van der Waals surface area (Å²) in [7, 11) is 0. The Balaban J connectivity index is 1.57. The fourth-order valence-electron chi connectivity index (χ4n) is 2.42. The molecule has 0 unspecified atom stereocenters. The first-order valence-corrected chi connectivity index (χ1v) is 9.74. The molecule has 1 N–H and O–H groups in total. The highest BCUT2D eigenvalue weighted by atomic mass is 32.2. The van der Waals surface area contributed by atoms with Gasteiger partial charge in [-0.25, -0.2) is 4.98 Å². The molecule has 25 heavy (non-hydrogen) atoms. The number of thioether (sulfide) groups is 1. The van der Waals surface area contributed by atoms with Crippen LogP contribution in [0.3, 0.4) is 0 Å². The van der Waals surface area contributed by atoms with Gasteiger partial charge in [-0.05, 0) is 31.0 Å². The molecule has 0 bridgehead atoms. The fraction of sp³-hybridized carbons (Fsp3) is 0.211. The van der Waals surface area contributed by atoms with E-state index in [1.807, 2.05) is 54.6 Å². The molecule has 0 aliphatic rings. The maximum atomic E-state index is 12.2. The van der Waals surface area contributed by atoms with E-state index in [4.69, 9.17) is 0 Å². The average molecular weight is 370 g/mol. The predicted octanol–water partition coefficient (Wildman–Crippen LogP) is 3.70. The second-order valence-electron chi connectivity index (χ2n) is 5.66. The molecule has 1 amide bonds. The van der Waals surface area contributed by atoms with E-state index in [0.29, 0.717) is 6.42 Å². The molecule has 1 heterocycles. The Kier molecular flexibility index (Phi) is 5.83. The second-order valence-corrected chi connectivity index (χ2v) is 7.91. The summed E-state index contributed by atoms with van der Waals surface area (Å²) >= 11 is 2.97. The normalized spacial score (nSPS) is 12.0. The fourth-order valence-corrected chi connectivity index (χ4v) is 4.30. The molecule has 3 aromatic rings. The van der Waals surface area contributed by atoms with Gasteiger partial charge in [0.2, 0.25) is 5.91 Å². The molecule has 0 saturated carbocycles. The van der Waals surface area contributed by atoms with E-state index >= 15 is 0 Å². The standard InChI is InChI=1S/C19H18N2O2S2/c1-13(22)16(11-14-7-3-2-4-8-14)20-18(23)12-24-19-21-15-9-5-6-10-17(15)25-19/h2-10,16H,11-12H2,1H3,(H,20,23)/t16-/m1/s1. The van der Waals surface area contributed by atoms with Gasteiger partial charge in [-0.1, -0.05) is 54.2 Å².